The van der Waals surface area contributed by atoms with E-state index in [9.17, 15) is 4.79 Å². The Morgan fingerprint density at radius 1 is 1.06 bits per heavy atom. The van der Waals surface area contributed by atoms with Gasteiger partial charge in [-0.2, -0.15) is 0 Å². The first kappa shape index (κ1) is 19.3. The summed E-state index contributed by atoms with van der Waals surface area (Å²) < 4.78 is 0. The van der Waals surface area contributed by atoms with Crippen molar-refractivity contribution in [2.75, 3.05) is 0 Å². The molecule has 0 spiro atoms. The second-order valence-electron chi connectivity index (χ2n) is 8.82. The van der Waals surface area contributed by atoms with E-state index in [2.05, 4.69) is 34.1 Å². The van der Waals surface area contributed by atoms with Crippen molar-refractivity contribution in [1.29, 1.82) is 0 Å². The lowest BCUT2D eigenvalue weighted by Crippen LogP contribution is -2.37. The molecule has 1 N–H and O–H groups in total. The highest BCUT2D eigenvalue weighted by atomic mass is 16.1. The first-order valence-corrected chi connectivity index (χ1v) is 10.4. The van der Waals surface area contributed by atoms with Crippen LogP contribution in [-0.2, 0) is 6.42 Å². The standard InChI is InChI=1S/C25H23N5O/c1-25(2)12-21-19(15-28-23(29-21)18-6-3-9-26-14-18)22(13-25)30-24(31)17-7-8-20-16(11-17)5-4-10-27-20/h3-11,14-15,22H,12-13H2,1-2H3,(H,30,31)/t22-/m0/s1. The van der Waals surface area contributed by atoms with Gasteiger partial charge in [0.1, 0.15) is 0 Å². The highest BCUT2D eigenvalue weighted by Crippen LogP contribution is 2.40. The zero-order valence-electron chi connectivity index (χ0n) is 17.5. The van der Waals surface area contributed by atoms with Gasteiger partial charge in [0.05, 0.1) is 17.3 Å². The molecule has 1 aromatic carbocycles. The molecule has 0 bridgehead atoms. The average Bonchev–Trinajstić information content (AvgIpc) is 2.78. The molecule has 0 fully saturated rings. The quantitative estimate of drug-likeness (QED) is 0.538. The second kappa shape index (κ2) is 7.54. The van der Waals surface area contributed by atoms with Gasteiger partial charge in [-0.3, -0.25) is 14.8 Å². The highest BCUT2D eigenvalue weighted by molar-refractivity contribution is 5.98. The van der Waals surface area contributed by atoms with Gasteiger partial charge in [0.25, 0.3) is 5.91 Å². The van der Waals surface area contributed by atoms with Gasteiger partial charge in [0.2, 0.25) is 0 Å². The Balaban J connectivity index is 1.46. The molecule has 4 aromatic rings. The van der Waals surface area contributed by atoms with Crippen molar-refractivity contribution < 1.29 is 4.79 Å². The third kappa shape index (κ3) is 3.89. The van der Waals surface area contributed by atoms with E-state index in [0.717, 1.165) is 40.6 Å². The molecule has 1 aliphatic rings. The van der Waals surface area contributed by atoms with E-state index in [0.29, 0.717) is 11.4 Å². The largest absolute Gasteiger partial charge is 0.345 e. The molecule has 1 aliphatic carbocycles. The fourth-order valence-electron chi connectivity index (χ4n) is 4.27. The molecule has 0 unspecified atom stereocenters. The topological polar surface area (TPSA) is 80.7 Å². The summed E-state index contributed by atoms with van der Waals surface area (Å²) in [6, 6.07) is 13.1. The van der Waals surface area contributed by atoms with Gasteiger partial charge in [0, 0.05) is 46.9 Å². The van der Waals surface area contributed by atoms with Crippen LogP contribution in [0.15, 0.2) is 67.3 Å². The number of amides is 1. The lowest BCUT2D eigenvalue weighted by molar-refractivity contribution is 0.0919. The van der Waals surface area contributed by atoms with Crippen LogP contribution in [0.1, 0.15) is 47.9 Å². The summed E-state index contributed by atoms with van der Waals surface area (Å²) in [6.45, 7) is 4.42. The van der Waals surface area contributed by atoms with E-state index in [1.807, 2.05) is 48.7 Å². The molecule has 3 heterocycles. The molecule has 0 aliphatic heterocycles. The van der Waals surface area contributed by atoms with E-state index in [4.69, 9.17) is 4.98 Å². The van der Waals surface area contributed by atoms with Crippen LogP contribution in [0.2, 0.25) is 0 Å². The smallest absolute Gasteiger partial charge is 0.251 e. The van der Waals surface area contributed by atoms with E-state index >= 15 is 0 Å². The van der Waals surface area contributed by atoms with Gasteiger partial charge in [-0.1, -0.05) is 19.9 Å². The first-order chi connectivity index (χ1) is 15.0. The molecule has 31 heavy (non-hydrogen) atoms. The minimum atomic E-state index is -0.140. The third-order valence-electron chi connectivity index (χ3n) is 5.77. The number of aromatic nitrogens is 4. The average molecular weight is 409 g/mol. The number of hydrogen-bond acceptors (Lipinski definition) is 5. The Morgan fingerprint density at radius 3 is 2.77 bits per heavy atom. The number of hydrogen-bond donors (Lipinski definition) is 1. The monoisotopic (exact) mass is 409 g/mol. The second-order valence-corrected chi connectivity index (χ2v) is 8.82. The predicted molar refractivity (Wildman–Crippen MR) is 119 cm³/mol. The van der Waals surface area contributed by atoms with Crippen molar-refractivity contribution in [3.8, 4) is 11.4 Å². The van der Waals surface area contributed by atoms with Crippen molar-refractivity contribution in [2.24, 2.45) is 5.41 Å². The van der Waals surface area contributed by atoms with Crippen LogP contribution in [0.3, 0.4) is 0 Å². The summed E-state index contributed by atoms with van der Waals surface area (Å²) in [4.78, 5) is 31.0. The summed E-state index contributed by atoms with van der Waals surface area (Å²) >= 11 is 0. The van der Waals surface area contributed by atoms with Crippen molar-refractivity contribution in [3.05, 3.63) is 84.1 Å². The van der Waals surface area contributed by atoms with Crippen LogP contribution in [0.5, 0.6) is 0 Å². The Morgan fingerprint density at radius 2 is 1.94 bits per heavy atom. The fourth-order valence-corrected chi connectivity index (χ4v) is 4.27. The van der Waals surface area contributed by atoms with E-state index in [1.165, 1.54) is 0 Å². The molecule has 0 radical (unpaired) electrons. The molecule has 1 amide bonds. The molecule has 6 nitrogen and oxygen atoms in total. The van der Waals surface area contributed by atoms with E-state index in [-0.39, 0.29) is 17.4 Å². The van der Waals surface area contributed by atoms with E-state index < -0.39 is 0 Å². The molecule has 6 heteroatoms. The highest BCUT2D eigenvalue weighted by Gasteiger charge is 2.34. The zero-order chi connectivity index (χ0) is 21.4. The molecule has 3 aromatic heterocycles. The zero-order valence-corrected chi connectivity index (χ0v) is 17.5. The van der Waals surface area contributed by atoms with Gasteiger partial charge in [-0.15, -0.1) is 0 Å². The van der Waals surface area contributed by atoms with Crippen molar-refractivity contribution >= 4 is 16.8 Å². The molecular formula is C25H23N5O. The van der Waals surface area contributed by atoms with Crippen molar-refractivity contribution in [3.63, 3.8) is 0 Å². The summed E-state index contributed by atoms with van der Waals surface area (Å²) in [5.41, 5.74) is 4.37. The van der Waals surface area contributed by atoms with E-state index in [1.54, 1.807) is 18.6 Å². The van der Waals surface area contributed by atoms with Crippen LogP contribution < -0.4 is 5.32 Å². The lowest BCUT2D eigenvalue weighted by Gasteiger charge is -2.36. The Kier molecular flexibility index (Phi) is 4.70. The number of benzene rings is 1. The maximum absolute atomic E-state index is 13.1. The summed E-state index contributed by atoms with van der Waals surface area (Å²) in [6.07, 6.45) is 8.78. The van der Waals surface area contributed by atoms with Gasteiger partial charge in [-0.25, -0.2) is 9.97 Å². The van der Waals surface area contributed by atoms with Crippen LogP contribution in [0.25, 0.3) is 22.3 Å². The number of nitrogens with one attached hydrogen (secondary N) is 1. The Hall–Kier alpha value is -3.67. The molecule has 0 saturated carbocycles. The lowest BCUT2D eigenvalue weighted by atomic mass is 9.74. The number of nitrogens with zero attached hydrogens (tertiary/aromatic N) is 4. The van der Waals surface area contributed by atoms with Gasteiger partial charge >= 0.3 is 0 Å². The SMILES string of the molecule is CC1(C)Cc2nc(-c3cccnc3)ncc2[C@@H](NC(=O)c2ccc3ncccc3c2)C1. The molecule has 1 atom stereocenters. The molecular weight excluding hydrogens is 386 g/mol. The van der Waals surface area contributed by atoms with Crippen molar-refractivity contribution in [2.45, 2.75) is 32.7 Å². The predicted octanol–water partition coefficient (Wildman–Crippen LogP) is 4.53. The van der Waals surface area contributed by atoms with Gasteiger partial charge in [-0.05, 0) is 54.7 Å². The Bertz CT molecular complexity index is 1270. The maximum atomic E-state index is 13.1. The number of pyridine rings is 2. The fraction of sp³-hybridized carbons (Fsp3) is 0.240. The maximum Gasteiger partial charge on any atom is 0.251 e. The minimum absolute atomic E-state index is 0.0127. The van der Waals surface area contributed by atoms with Crippen LogP contribution in [0, 0.1) is 5.41 Å². The third-order valence-corrected chi connectivity index (χ3v) is 5.77. The van der Waals surface area contributed by atoms with Gasteiger partial charge < -0.3 is 5.32 Å². The van der Waals surface area contributed by atoms with Crippen LogP contribution in [-0.4, -0.2) is 25.8 Å². The number of carbonyl (C=O) groups excluding carboxylic acids is 1. The molecule has 5 rings (SSSR count). The molecule has 0 saturated heterocycles. The normalized spacial score (nSPS) is 17.2. The summed E-state index contributed by atoms with van der Waals surface area (Å²) in [5, 5.41) is 4.17. The number of carbonyl (C=O) groups is 1. The first-order valence-electron chi connectivity index (χ1n) is 10.4. The van der Waals surface area contributed by atoms with Crippen LogP contribution in [0.4, 0.5) is 0 Å². The number of fused-ring (bicyclic) bond motifs is 2. The van der Waals surface area contributed by atoms with Crippen molar-refractivity contribution in [1.82, 2.24) is 25.3 Å². The van der Waals surface area contributed by atoms with Gasteiger partial charge in [0.15, 0.2) is 5.82 Å². The summed E-state index contributed by atoms with van der Waals surface area (Å²) in [5.74, 6) is 0.562. The van der Waals surface area contributed by atoms with Crippen LogP contribution >= 0.6 is 0 Å². The summed E-state index contributed by atoms with van der Waals surface area (Å²) in [7, 11) is 0. The minimum Gasteiger partial charge on any atom is -0.345 e. The Labute approximate surface area is 180 Å². The number of rotatable bonds is 3. The molecule has 154 valence electrons.